The molecule has 0 bridgehead atoms. The molecule has 0 aliphatic rings. The zero-order chi connectivity index (χ0) is 12.1. The van der Waals surface area contributed by atoms with Gasteiger partial charge in [0.05, 0.1) is 5.75 Å². The van der Waals surface area contributed by atoms with Crippen LogP contribution in [0.4, 0.5) is 0 Å². The smallest absolute Gasteiger partial charge is 0.236 e. The van der Waals surface area contributed by atoms with Gasteiger partial charge in [-0.1, -0.05) is 42.4 Å². The second-order valence-corrected chi connectivity index (χ2v) is 5.16. The van der Waals surface area contributed by atoms with E-state index in [0.717, 1.165) is 5.56 Å². The van der Waals surface area contributed by atoms with Gasteiger partial charge in [0, 0.05) is 17.4 Å². The van der Waals surface area contributed by atoms with Gasteiger partial charge in [-0.25, -0.2) is 0 Å². The van der Waals surface area contributed by atoms with E-state index in [1.807, 2.05) is 30.3 Å². The van der Waals surface area contributed by atoms with Crippen molar-refractivity contribution in [3.63, 3.8) is 0 Å². The van der Waals surface area contributed by atoms with Gasteiger partial charge in [0.1, 0.15) is 0 Å². The van der Waals surface area contributed by atoms with Crippen LogP contribution >= 0.6 is 11.8 Å². The highest BCUT2D eigenvalue weighted by Gasteiger charge is 2.09. The lowest BCUT2D eigenvalue weighted by Crippen LogP contribution is -2.12. The van der Waals surface area contributed by atoms with E-state index in [1.165, 1.54) is 0 Å². The molecule has 90 valence electrons. The molecule has 0 aliphatic heterocycles. The molecular weight excluding hydrogens is 234 g/mol. The molecule has 1 heterocycles. The Kier molecular flexibility index (Phi) is 4.17. The lowest BCUT2D eigenvalue weighted by molar-refractivity contribution is 0.391. The van der Waals surface area contributed by atoms with Gasteiger partial charge in [-0.05, 0) is 0 Å². The molecule has 0 saturated heterocycles. The minimum Gasteiger partial charge on any atom is -0.338 e. The van der Waals surface area contributed by atoms with Crippen LogP contribution in [0.25, 0.3) is 11.4 Å². The number of aromatic nitrogens is 2. The molecule has 1 atom stereocenters. The summed E-state index contributed by atoms with van der Waals surface area (Å²) >= 11 is 1.72. The first-order chi connectivity index (χ1) is 8.29. The topological polar surface area (TPSA) is 64.9 Å². The van der Waals surface area contributed by atoms with Crippen LogP contribution in [0.3, 0.4) is 0 Å². The van der Waals surface area contributed by atoms with Crippen LogP contribution in [-0.2, 0) is 5.75 Å². The van der Waals surface area contributed by atoms with Crippen LogP contribution in [-0.4, -0.2) is 21.9 Å². The monoisotopic (exact) mass is 249 g/mol. The summed E-state index contributed by atoms with van der Waals surface area (Å²) in [7, 11) is 0. The maximum absolute atomic E-state index is 5.54. The minimum atomic E-state index is 0.405. The number of rotatable bonds is 5. The Labute approximate surface area is 105 Å². The quantitative estimate of drug-likeness (QED) is 0.881. The third kappa shape index (κ3) is 3.31. The molecule has 1 aromatic carbocycles. The SMILES string of the molecule is CC(CN)SCc1nc(-c2ccccc2)no1. The summed E-state index contributed by atoms with van der Waals surface area (Å²) in [5, 5.41) is 4.36. The lowest BCUT2D eigenvalue weighted by atomic mass is 10.2. The molecular formula is C12H15N3OS. The van der Waals surface area contributed by atoms with Crippen molar-refractivity contribution < 1.29 is 4.52 Å². The molecule has 1 unspecified atom stereocenters. The highest BCUT2D eigenvalue weighted by Crippen LogP contribution is 2.19. The number of thioether (sulfide) groups is 1. The van der Waals surface area contributed by atoms with Crippen molar-refractivity contribution in [3.8, 4) is 11.4 Å². The van der Waals surface area contributed by atoms with Gasteiger partial charge in [0.2, 0.25) is 11.7 Å². The van der Waals surface area contributed by atoms with E-state index in [9.17, 15) is 0 Å². The van der Waals surface area contributed by atoms with Crippen molar-refractivity contribution in [2.75, 3.05) is 6.54 Å². The molecule has 2 N–H and O–H groups in total. The summed E-state index contributed by atoms with van der Waals surface area (Å²) in [6.45, 7) is 2.74. The number of benzene rings is 1. The third-order valence-electron chi connectivity index (χ3n) is 2.32. The normalized spacial score (nSPS) is 12.6. The van der Waals surface area contributed by atoms with E-state index in [0.29, 0.717) is 29.3 Å². The third-order valence-corrected chi connectivity index (χ3v) is 3.50. The maximum atomic E-state index is 5.54. The minimum absolute atomic E-state index is 0.405. The molecule has 17 heavy (non-hydrogen) atoms. The van der Waals surface area contributed by atoms with Gasteiger partial charge in [-0.2, -0.15) is 4.98 Å². The number of nitrogens with two attached hydrogens (primary N) is 1. The molecule has 0 fully saturated rings. The fourth-order valence-electron chi connectivity index (χ4n) is 1.30. The molecule has 0 saturated carbocycles. The van der Waals surface area contributed by atoms with Crippen molar-refractivity contribution in [2.24, 2.45) is 5.73 Å². The van der Waals surface area contributed by atoms with Gasteiger partial charge < -0.3 is 10.3 Å². The second kappa shape index (κ2) is 5.84. The van der Waals surface area contributed by atoms with Crippen molar-refractivity contribution in [1.82, 2.24) is 10.1 Å². The molecule has 5 heteroatoms. The molecule has 1 aromatic heterocycles. The van der Waals surface area contributed by atoms with Crippen LogP contribution in [0.2, 0.25) is 0 Å². The van der Waals surface area contributed by atoms with Crippen LogP contribution in [0.15, 0.2) is 34.9 Å². The zero-order valence-electron chi connectivity index (χ0n) is 9.67. The number of hydrogen-bond acceptors (Lipinski definition) is 5. The predicted molar refractivity (Wildman–Crippen MR) is 69.5 cm³/mol. The van der Waals surface area contributed by atoms with Crippen LogP contribution < -0.4 is 5.73 Å². The molecule has 2 aromatic rings. The summed E-state index contributed by atoms with van der Waals surface area (Å²) in [5.41, 5.74) is 6.52. The van der Waals surface area contributed by atoms with E-state index in [2.05, 4.69) is 17.1 Å². The van der Waals surface area contributed by atoms with E-state index < -0.39 is 0 Å². The summed E-state index contributed by atoms with van der Waals surface area (Å²) in [5.74, 6) is 1.99. The summed E-state index contributed by atoms with van der Waals surface area (Å²) in [4.78, 5) is 4.35. The summed E-state index contributed by atoms with van der Waals surface area (Å²) in [6, 6.07) is 9.80. The van der Waals surface area contributed by atoms with E-state index >= 15 is 0 Å². The molecule has 0 amide bonds. The van der Waals surface area contributed by atoms with Crippen molar-refractivity contribution in [2.45, 2.75) is 17.9 Å². The lowest BCUT2D eigenvalue weighted by Gasteiger charge is -2.03. The zero-order valence-corrected chi connectivity index (χ0v) is 10.5. The average molecular weight is 249 g/mol. The predicted octanol–water partition coefficient (Wildman–Crippen LogP) is 2.32. The number of hydrogen-bond donors (Lipinski definition) is 1. The fraction of sp³-hybridized carbons (Fsp3) is 0.333. The van der Waals surface area contributed by atoms with E-state index in [1.54, 1.807) is 11.8 Å². The molecule has 4 nitrogen and oxygen atoms in total. The van der Waals surface area contributed by atoms with Crippen LogP contribution in [0.1, 0.15) is 12.8 Å². The molecule has 0 aliphatic carbocycles. The van der Waals surface area contributed by atoms with Gasteiger partial charge >= 0.3 is 0 Å². The highest BCUT2D eigenvalue weighted by atomic mass is 32.2. The van der Waals surface area contributed by atoms with Crippen LogP contribution in [0.5, 0.6) is 0 Å². The van der Waals surface area contributed by atoms with Crippen molar-refractivity contribution in [1.29, 1.82) is 0 Å². The Morgan fingerprint density at radius 3 is 2.82 bits per heavy atom. The van der Waals surface area contributed by atoms with Gasteiger partial charge in [0.15, 0.2) is 0 Å². The summed E-state index contributed by atoms with van der Waals surface area (Å²) < 4.78 is 5.19. The van der Waals surface area contributed by atoms with Crippen molar-refractivity contribution in [3.05, 3.63) is 36.2 Å². The van der Waals surface area contributed by atoms with E-state index in [4.69, 9.17) is 10.3 Å². The standard InChI is InChI=1S/C12H15N3OS/c1-9(7-13)17-8-11-14-12(15-16-11)10-5-3-2-4-6-10/h2-6,9H,7-8,13H2,1H3. The average Bonchev–Trinajstić information content (AvgIpc) is 2.86. The first kappa shape index (κ1) is 12.1. The highest BCUT2D eigenvalue weighted by molar-refractivity contribution is 7.99. The molecule has 0 spiro atoms. The number of nitrogens with zero attached hydrogens (tertiary/aromatic N) is 2. The first-order valence-corrected chi connectivity index (χ1v) is 6.54. The summed E-state index contributed by atoms with van der Waals surface area (Å²) in [6.07, 6.45) is 0. The maximum Gasteiger partial charge on any atom is 0.236 e. The van der Waals surface area contributed by atoms with Gasteiger partial charge in [0.25, 0.3) is 0 Å². The Hall–Kier alpha value is -1.33. The Balaban J connectivity index is 2.01. The first-order valence-electron chi connectivity index (χ1n) is 5.49. The molecule has 2 rings (SSSR count). The Morgan fingerprint density at radius 1 is 1.35 bits per heavy atom. The van der Waals surface area contributed by atoms with Crippen molar-refractivity contribution >= 4 is 11.8 Å². The van der Waals surface area contributed by atoms with E-state index in [-0.39, 0.29) is 0 Å². The van der Waals surface area contributed by atoms with Gasteiger partial charge in [-0.3, -0.25) is 0 Å². The molecule has 0 radical (unpaired) electrons. The largest absolute Gasteiger partial charge is 0.338 e. The fourth-order valence-corrected chi connectivity index (χ4v) is 1.98. The van der Waals surface area contributed by atoms with Gasteiger partial charge in [-0.15, -0.1) is 11.8 Å². The Bertz CT molecular complexity index is 458. The second-order valence-electron chi connectivity index (χ2n) is 3.74. The Morgan fingerprint density at radius 2 is 2.12 bits per heavy atom. The van der Waals surface area contributed by atoms with Crippen LogP contribution in [0, 0.1) is 0 Å².